The van der Waals surface area contributed by atoms with E-state index < -0.39 is 0 Å². The average molecular weight is 246 g/mol. The van der Waals surface area contributed by atoms with Crippen molar-refractivity contribution in [2.75, 3.05) is 18.2 Å². The Bertz CT molecular complexity index is 551. The molecule has 2 aromatic rings. The summed E-state index contributed by atoms with van der Waals surface area (Å²) in [6, 6.07) is 7.42. The Hall–Kier alpha value is -2.34. The highest BCUT2D eigenvalue weighted by Crippen LogP contribution is 2.14. The van der Waals surface area contributed by atoms with Crippen LogP contribution in [0.15, 0.2) is 30.5 Å². The zero-order valence-corrected chi connectivity index (χ0v) is 9.93. The van der Waals surface area contributed by atoms with Crippen LogP contribution in [0.5, 0.6) is 0 Å². The van der Waals surface area contributed by atoms with E-state index >= 15 is 0 Å². The third kappa shape index (κ3) is 2.67. The number of hydrogen-bond acceptors (Lipinski definition) is 4. The predicted molar refractivity (Wildman–Crippen MR) is 68.1 cm³/mol. The molecule has 0 spiro atoms. The minimum atomic E-state index is -0.296. The second-order valence-corrected chi connectivity index (χ2v) is 3.78. The maximum atomic E-state index is 11.9. The number of nitrogens with zero attached hydrogens (tertiary/aromatic N) is 1. The number of nitrogens with two attached hydrogens (primary N) is 1. The number of anilines is 2. The van der Waals surface area contributed by atoms with Crippen molar-refractivity contribution in [2.24, 2.45) is 0 Å². The Morgan fingerprint density at radius 3 is 3.06 bits per heavy atom. The van der Waals surface area contributed by atoms with Crippen LogP contribution in [0.25, 0.3) is 0 Å². The van der Waals surface area contributed by atoms with Gasteiger partial charge < -0.3 is 15.8 Å². The molecule has 0 aliphatic carbocycles. The molecule has 1 aromatic heterocycles. The first kappa shape index (κ1) is 12.1. The van der Waals surface area contributed by atoms with Gasteiger partial charge in [0.25, 0.3) is 5.91 Å². The number of carbonyl (C=O) groups is 1. The number of nitrogens with one attached hydrogen (secondary N) is 2. The van der Waals surface area contributed by atoms with E-state index in [4.69, 9.17) is 10.5 Å². The molecular formula is C12H14N4O2. The summed E-state index contributed by atoms with van der Waals surface area (Å²) in [6.45, 7) is 0.498. The summed E-state index contributed by atoms with van der Waals surface area (Å²) in [5.74, 6) is -0.0450. The third-order valence-electron chi connectivity index (χ3n) is 2.41. The summed E-state index contributed by atoms with van der Waals surface area (Å²) < 4.78 is 5.03. The van der Waals surface area contributed by atoms with Gasteiger partial charge in [-0.3, -0.25) is 9.89 Å². The number of nitrogen functional groups attached to an aromatic ring is 1. The van der Waals surface area contributed by atoms with E-state index in [9.17, 15) is 4.79 Å². The molecular weight excluding hydrogens is 232 g/mol. The molecule has 0 aliphatic rings. The number of rotatable bonds is 4. The number of hydrogen-bond donors (Lipinski definition) is 3. The molecule has 0 saturated heterocycles. The maximum Gasteiger partial charge on any atom is 0.261 e. The average Bonchev–Trinajstić information content (AvgIpc) is 2.76. The smallest absolute Gasteiger partial charge is 0.261 e. The predicted octanol–water partition coefficient (Wildman–Crippen LogP) is 1.39. The van der Waals surface area contributed by atoms with Crippen LogP contribution in [0.4, 0.5) is 11.5 Å². The zero-order chi connectivity index (χ0) is 13.0. The number of H-pyrrole nitrogens is 1. The molecule has 2 rings (SSSR count). The Morgan fingerprint density at radius 2 is 2.39 bits per heavy atom. The Balaban J connectivity index is 2.12. The van der Waals surface area contributed by atoms with E-state index in [1.54, 1.807) is 13.2 Å². The normalized spacial score (nSPS) is 10.3. The molecule has 0 bridgehead atoms. The van der Waals surface area contributed by atoms with Gasteiger partial charge in [-0.05, 0) is 17.7 Å². The molecule has 1 aromatic carbocycles. The first-order valence-corrected chi connectivity index (χ1v) is 5.39. The SMILES string of the molecule is COCc1cccc(NC(=O)c2cn[nH]c2N)c1. The topological polar surface area (TPSA) is 93.0 Å². The van der Waals surface area contributed by atoms with Crippen molar-refractivity contribution >= 4 is 17.4 Å². The van der Waals surface area contributed by atoms with E-state index in [0.29, 0.717) is 17.9 Å². The molecule has 18 heavy (non-hydrogen) atoms. The molecule has 0 aliphatic heterocycles. The number of carbonyl (C=O) groups excluding carboxylic acids is 1. The van der Waals surface area contributed by atoms with Crippen molar-refractivity contribution in [1.29, 1.82) is 0 Å². The highest BCUT2D eigenvalue weighted by Gasteiger charge is 2.11. The second kappa shape index (κ2) is 5.33. The quantitative estimate of drug-likeness (QED) is 0.760. The second-order valence-electron chi connectivity index (χ2n) is 3.78. The number of methoxy groups -OCH3 is 1. The largest absolute Gasteiger partial charge is 0.383 e. The lowest BCUT2D eigenvalue weighted by Gasteiger charge is -2.06. The maximum absolute atomic E-state index is 11.9. The Morgan fingerprint density at radius 1 is 1.56 bits per heavy atom. The molecule has 4 N–H and O–H groups in total. The van der Waals surface area contributed by atoms with E-state index in [1.807, 2.05) is 18.2 Å². The number of benzene rings is 1. The fraction of sp³-hybridized carbons (Fsp3) is 0.167. The molecule has 0 fully saturated rings. The van der Waals surface area contributed by atoms with Crippen LogP contribution in [0, 0.1) is 0 Å². The molecule has 0 unspecified atom stereocenters. The molecule has 0 radical (unpaired) electrons. The molecule has 0 atom stereocenters. The monoisotopic (exact) mass is 246 g/mol. The van der Waals surface area contributed by atoms with Gasteiger partial charge in [-0.1, -0.05) is 12.1 Å². The molecule has 0 saturated carbocycles. The summed E-state index contributed by atoms with van der Waals surface area (Å²) in [4.78, 5) is 11.9. The van der Waals surface area contributed by atoms with Crippen molar-refractivity contribution in [1.82, 2.24) is 10.2 Å². The van der Waals surface area contributed by atoms with E-state index in [2.05, 4.69) is 15.5 Å². The molecule has 94 valence electrons. The van der Waals surface area contributed by atoms with Gasteiger partial charge in [0.2, 0.25) is 0 Å². The molecule has 1 amide bonds. The summed E-state index contributed by atoms with van der Waals surface area (Å²) in [5.41, 5.74) is 7.57. The molecule has 1 heterocycles. The molecule has 6 nitrogen and oxygen atoms in total. The first-order chi connectivity index (χ1) is 8.70. The summed E-state index contributed by atoms with van der Waals surface area (Å²) in [6.07, 6.45) is 1.39. The first-order valence-electron chi connectivity index (χ1n) is 5.39. The van der Waals surface area contributed by atoms with Crippen LogP contribution < -0.4 is 11.1 Å². The van der Waals surface area contributed by atoms with Gasteiger partial charge in [-0.25, -0.2) is 0 Å². The number of amides is 1. The van der Waals surface area contributed by atoms with Crippen molar-refractivity contribution in [3.05, 3.63) is 41.6 Å². The Kier molecular flexibility index (Phi) is 3.59. The summed E-state index contributed by atoms with van der Waals surface area (Å²) in [7, 11) is 1.62. The minimum absolute atomic E-state index is 0.251. The van der Waals surface area contributed by atoms with Gasteiger partial charge >= 0.3 is 0 Å². The fourth-order valence-corrected chi connectivity index (χ4v) is 1.58. The lowest BCUT2D eigenvalue weighted by Crippen LogP contribution is -2.13. The van der Waals surface area contributed by atoms with Crippen LogP contribution in [0.3, 0.4) is 0 Å². The van der Waals surface area contributed by atoms with Crippen LogP contribution in [0.1, 0.15) is 15.9 Å². The van der Waals surface area contributed by atoms with Gasteiger partial charge in [-0.15, -0.1) is 0 Å². The summed E-state index contributed by atoms with van der Waals surface area (Å²) >= 11 is 0. The van der Waals surface area contributed by atoms with Gasteiger partial charge in [0, 0.05) is 12.8 Å². The van der Waals surface area contributed by atoms with Crippen LogP contribution in [0.2, 0.25) is 0 Å². The van der Waals surface area contributed by atoms with Crippen molar-refractivity contribution < 1.29 is 9.53 Å². The zero-order valence-electron chi connectivity index (χ0n) is 9.93. The highest BCUT2D eigenvalue weighted by atomic mass is 16.5. The van der Waals surface area contributed by atoms with Crippen LogP contribution in [-0.2, 0) is 11.3 Å². The highest BCUT2D eigenvalue weighted by molar-refractivity contribution is 6.07. The third-order valence-corrected chi connectivity index (χ3v) is 2.41. The van der Waals surface area contributed by atoms with E-state index in [-0.39, 0.29) is 11.7 Å². The lowest BCUT2D eigenvalue weighted by molar-refractivity contribution is 0.102. The molecule has 6 heteroatoms. The van der Waals surface area contributed by atoms with Crippen LogP contribution in [-0.4, -0.2) is 23.2 Å². The fourth-order valence-electron chi connectivity index (χ4n) is 1.58. The van der Waals surface area contributed by atoms with Crippen molar-refractivity contribution in [2.45, 2.75) is 6.61 Å². The van der Waals surface area contributed by atoms with Gasteiger partial charge in [-0.2, -0.15) is 5.10 Å². The number of aromatic nitrogens is 2. The lowest BCUT2D eigenvalue weighted by atomic mass is 10.2. The van der Waals surface area contributed by atoms with Crippen molar-refractivity contribution in [3.63, 3.8) is 0 Å². The standard InChI is InChI=1S/C12H14N4O2/c1-18-7-8-3-2-4-9(5-8)15-12(17)10-6-14-16-11(10)13/h2-6H,7H2,1H3,(H,15,17)(H3,13,14,16). The minimum Gasteiger partial charge on any atom is -0.383 e. The number of ether oxygens (including phenoxy) is 1. The Labute approximate surface area is 104 Å². The van der Waals surface area contributed by atoms with Gasteiger partial charge in [0.1, 0.15) is 11.4 Å². The van der Waals surface area contributed by atoms with E-state index in [0.717, 1.165) is 5.56 Å². The van der Waals surface area contributed by atoms with Crippen molar-refractivity contribution in [3.8, 4) is 0 Å². The summed E-state index contributed by atoms with van der Waals surface area (Å²) in [5, 5.41) is 8.96. The van der Waals surface area contributed by atoms with Crippen LogP contribution >= 0.6 is 0 Å². The van der Waals surface area contributed by atoms with Gasteiger partial charge in [0.05, 0.1) is 12.8 Å². The van der Waals surface area contributed by atoms with Gasteiger partial charge in [0.15, 0.2) is 0 Å². The number of aromatic amines is 1. The van der Waals surface area contributed by atoms with E-state index in [1.165, 1.54) is 6.20 Å².